The Kier molecular flexibility index (Phi) is 5.84. The Balaban J connectivity index is 1.78. The maximum atomic E-state index is 12.3. The molecule has 7 nitrogen and oxygen atoms in total. The lowest BCUT2D eigenvalue weighted by molar-refractivity contribution is -0.113. The van der Waals surface area contributed by atoms with Crippen molar-refractivity contribution >= 4 is 51.3 Å². The van der Waals surface area contributed by atoms with Crippen molar-refractivity contribution in [3.05, 3.63) is 34.8 Å². The number of rotatable bonds is 7. The summed E-state index contributed by atoms with van der Waals surface area (Å²) in [4.78, 5) is 24.5. The van der Waals surface area contributed by atoms with E-state index in [0.717, 1.165) is 0 Å². The van der Waals surface area contributed by atoms with Crippen molar-refractivity contribution in [2.75, 3.05) is 17.7 Å². The maximum absolute atomic E-state index is 12.3. The second-order valence-corrected chi connectivity index (χ2v) is 7.53. The number of hydrogen-bond donors (Lipinski definition) is 1. The summed E-state index contributed by atoms with van der Waals surface area (Å²) in [7, 11) is 0. The molecule has 0 radical (unpaired) electrons. The zero-order valence-electron chi connectivity index (χ0n) is 13.1. The van der Waals surface area contributed by atoms with E-state index in [1.807, 2.05) is 0 Å². The fraction of sp³-hybridized carbons (Fsp3) is 0.200. The minimum Gasteiger partial charge on any atom is -0.464 e. The van der Waals surface area contributed by atoms with Crippen LogP contribution in [0.3, 0.4) is 0 Å². The Morgan fingerprint density at radius 2 is 2.28 bits per heavy atom. The molecule has 1 amide bonds. The van der Waals surface area contributed by atoms with E-state index in [-0.39, 0.29) is 18.3 Å². The molecule has 0 aliphatic carbocycles. The number of thiophene rings is 1. The number of hydrogen-bond acceptors (Lipinski definition) is 9. The number of ether oxygens (including phenoxy) is 1. The van der Waals surface area contributed by atoms with Gasteiger partial charge in [-0.15, -0.1) is 21.5 Å². The highest BCUT2D eigenvalue weighted by Gasteiger charge is 2.24. The van der Waals surface area contributed by atoms with Crippen molar-refractivity contribution in [2.24, 2.45) is 0 Å². The molecule has 0 saturated carbocycles. The first-order valence-corrected chi connectivity index (χ1v) is 9.94. The van der Waals surface area contributed by atoms with Gasteiger partial charge in [-0.3, -0.25) is 4.79 Å². The van der Waals surface area contributed by atoms with Crippen molar-refractivity contribution in [1.82, 2.24) is 10.2 Å². The summed E-state index contributed by atoms with van der Waals surface area (Å²) in [5.41, 5.74) is 2.50. The van der Waals surface area contributed by atoms with Crippen LogP contribution in [0, 0.1) is 0 Å². The molecule has 10 heteroatoms. The molecule has 0 atom stereocenters. The molecule has 0 bridgehead atoms. The van der Waals surface area contributed by atoms with Crippen LogP contribution in [0.15, 0.2) is 38.0 Å². The lowest BCUT2D eigenvalue weighted by Gasteiger charge is -2.07. The second kappa shape index (κ2) is 8.28. The van der Waals surface area contributed by atoms with E-state index >= 15 is 0 Å². The maximum Gasteiger partial charge on any atom is 0.341 e. The number of thioether (sulfide) groups is 1. The van der Waals surface area contributed by atoms with Gasteiger partial charge >= 0.3 is 5.97 Å². The summed E-state index contributed by atoms with van der Waals surface area (Å²) in [5, 5.41) is 12.6. The van der Waals surface area contributed by atoms with Crippen LogP contribution in [0.4, 0.5) is 5.00 Å². The summed E-state index contributed by atoms with van der Waals surface area (Å²) < 4.78 is 11.2. The molecule has 0 aliphatic heterocycles. The molecule has 3 aromatic rings. The van der Waals surface area contributed by atoms with E-state index in [9.17, 15) is 9.59 Å². The highest BCUT2D eigenvalue weighted by molar-refractivity contribution is 8.01. The lowest BCUT2D eigenvalue weighted by atomic mass is 10.1. The van der Waals surface area contributed by atoms with Gasteiger partial charge in [0.2, 0.25) is 5.91 Å². The summed E-state index contributed by atoms with van der Waals surface area (Å²) in [6.07, 6.45) is 1.53. The largest absolute Gasteiger partial charge is 0.464 e. The first kappa shape index (κ1) is 17.6. The van der Waals surface area contributed by atoms with Crippen molar-refractivity contribution in [3.8, 4) is 11.3 Å². The van der Waals surface area contributed by atoms with Crippen molar-refractivity contribution in [1.29, 1.82) is 0 Å². The molecule has 25 heavy (non-hydrogen) atoms. The van der Waals surface area contributed by atoms with E-state index in [0.29, 0.717) is 26.2 Å². The average Bonchev–Trinajstić information content (AvgIpc) is 3.34. The van der Waals surface area contributed by atoms with Crippen LogP contribution in [0.1, 0.15) is 17.3 Å². The van der Waals surface area contributed by atoms with Crippen LogP contribution in [-0.4, -0.2) is 34.4 Å². The smallest absolute Gasteiger partial charge is 0.341 e. The van der Waals surface area contributed by atoms with Crippen LogP contribution in [0.5, 0.6) is 0 Å². The second-order valence-electron chi connectivity index (χ2n) is 4.59. The number of amides is 1. The first-order chi connectivity index (χ1) is 12.2. The van der Waals surface area contributed by atoms with Gasteiger partial charge < -0.3 is 14.5 Å². The zero-order chi connectivity index (χ0) is 17.6. The minimum atomic E-state index is -0.498. The summed E-state index contributed by atoms with van der Waals surface area (Å²) in [6, 6.07) is 3.49. The quantitative estimate of drug-likeness (QED) is 0.481. The highest BCUT2D eigenvalue weighted by Crippen LogP contribution is 2.36. The number of furan rings is 1. The van der Waals surface area contributed by atoms with Crippen LogP contribution in [-0.2, 0) is 9.53 Å². The van der Waals surface area contributed by atoms with Crippen molar-refractivity contribution < 1.29 is 18.7 Å². The number of anilines is 1. The third kappa shape index (κ3) is 4.27. The number of esters is 1. The van der Waals surface area contributed by atoms with Gasteiger partial charge in [0.15, 0.2) is 4.34 Å². The van der Waals surface area contributed by atoms with E-state index in [2.05, 4.69) is 15.5 Å². The molecule has 3 rings (SSSR count). The summed E-state index contributed by atoms with van der Waals surface area (Å²) >= 11 is 3.90. The summed E-state index contributed by atoms with van der Waals surface area (Å²) in [6.45, 7) is 1.97. The van der Waals surface area contributed by atoms with E-state index in [1.54, 1.807) is 29.9 Å². The SMILES string of the molecule is CCOC(=O)c1c(-c2ccco2)csc1NC(=O)CSc1nncs1. The zero-order valence-corrected chi connectivity index (χ0v) is 15.5. The molecule has 0 fully saturated rings. The van der Waals surface area contributed by atoms with Crippen molar-refractivity contribution in [2.45, 2.75) is 11.3 Å². The Morgan fingerprint density at radius 3 is 2.96 bits per heavy atom. The standard InChI is InChI=1S/C15H13N3O4S3/c1-2-21-14(20)12-9(10-4-3-5-22-10)6-23-13(12)17-11(19)7-24-15-18-16-8-25-15/h3-6,8H,2,7H2,1H3,(H,17,19). The molecule has 0 spiro atoms. The van der Waals surface area contributed by atoms with Gasteiger partial charge in [0.25, 0.3) is 0 Å². The normalized spacial score (nSPS) is 10.6. The molecule has 130 valence electrons. The fourth-order valence-electron chi connectivity index (χ4n) is 1.98. The molecule has 1 N–H and O–H groups in total. The van der Waals surface area contributed by atoms with Crippen LogP contribution in [0.25, 0.3) is 11.3 Å². The molecule has 3 aromatic heterocycles. The number of nitrogens with one attached hydrogen (secondary N) is 1. The van der Waals surface area contributed by atoms with E-state index in [4.69, 9.17) is 9.15 Å². The molecule has 0 aliphatic rings. The minimum absolute atomic E-state index is 0.172. The van der Waals surface area contributed by atoms with Gasteiger partial charge in [-0.2, -0.15) is 0 Å². The van der Waals surface area contributed by atoms with Crippen LogP contribution < -0.4 is 5.32 Å². The number of nitrogens with zero attached hydrogens (tertiary/aromatic N) is 2. The molecule has 0 saturated heterocycles. The van der Waals surface area contributed by atoms with Crippen LogP contribution in [0.2, 0.25) is 0 Å². The molecular weight excluding hydrogens is 382 g/mol. The number of carbonyl (C=O) groups excluding carboxylic acids is 2. The summed E-state index contributed by atoms with van der Waals surface area (Å²) in [5.74, 6) is -0.0188. The molecule has 3 heterocycles. The Labute approximate surface area is 155 Å². The van der Waals surface area contributed by atoms with Gasteiger partial charge in [-0.25, -0.2) is 4.79 Å². The van der Waals surface area contributed by atoms with Crippen molar-refractivity contribution in [3.63, 3.8) is 0 Å². The predicted molar refractivity (Wildman–Crippen MR) is 97.2 cm³/mol. The molecular formula is C15H13N3O4S3. The Morgan fingerprint density at radius 1 is 1.40 bits per heavy atom. The Hall–Kier alpha value is -2.17. The third-order valence-corrected chi connectivity index (χ3v) is 5.73. The molecule has 0 unspecified atom stereocenters. The van der Waals surface area contributed by atoms with Gasteiger partial charge in [0.1, 0.15) is 21.8 Å². The fourth-order valence-corrected chi connectivity index (χ4v) is 4.23. The van der Waals surface area contributed by atoms with E-state index in [1.165, 1.54) is 40.7 Å². The number of carbonyl (C=O) groups is 2. The number of aromatic nitrogens is 2. The highest BCUT2D eigenvalue weighted by atomic mass is 32.2. The topological polar surface area (TPSA) is 94.3 Å². The average molecular weight is 395 g/mol. The Bertz CT molecular complexity index is 844. The third-order valence-electron chi connectivity index (χ3n) is 2.98. The van der Waals surface area contributed by atoms with Gasteiger partial charge in [-0.1, -0.05) is 23.1 Å². The van der Waals surface area contributed by atoms with Gasteiger partial charge in [0, 0.05) is 10.9 Å². The molecule has 0 aromatic carbocycles. The van der Waals surface area contributed by atoms with Crippen LogP contribution >= 0.6 is 34.4 Å². The van der Waals surface area contributed by atoms with Gasteiger partial charge in [-0.05, 0) is 19.1 Å². The lowest BCUT2D eigenvalue weighted by Crippen LogP contribution is -2.16. The monoisotopic (exact) mass is 395 g/mol. The first-order valence-electron chi connectivity index (χ1n) is 7.20. The van der Waals surface area contributed by atoms with Gasteiger partial charge in [0.05, 0.1) is 18.6 Å². The van der Waals surface area contributed by atoms with E-state index < -0.39 is 5.97 Å². The predicted octanol–water partition coefficient (Wildman–Crippen LogP) is 3.77.